The number of benzene rings is 2. The highest BCUT2D eigenvalue weighted by atomic mass is 127. The van der Waals surface area contributed by atoms with Crippen molar-refractivity contribution in [1.82, 2.24) is 4.31 Å². The first kappa shape index (κ1) is 19.2. The molecule has 1 aliphatic heterocycles. The van der Waals surface area contributed by atoms with E-state index in [1.807, 2.05) is 24.3 Å². The number of nitrogens with zero attached hydrogens (tertiary/aromatic N) is 1. The normalized spacial score (nSPS) is 18.5. The van der Waals surface area contributed by atoms with Crippen LogP contribution in [0.4, 0.5) is 10.1 Å². The topological polar surface area (TPSA) is 66.5 Å². The van der Waals surface area contributed by atoms with Crippen LogP contribution >= 0.6 is 22.6 Å². The van der Waals surface area contributed by atoms with Crippen molar-refractivity contribution in [3.05, 3.63) is 57.9 Å². The number of carbonyl (C=O) groups excluding carboxylic acids is 1. The summed E-state index contributed by atoms with van der Waals surface area (Å²) in [5.41, 5.74) is 0.689. The molecule has 0 aromatic heterocycles. The van der Waals surface area contributed by atoms with Crippen LogP contribution in [0.5, 0.6) is 0 Å². The number of rotatable bonds is 4. The van der Waals surface area contributed by atoms with Gasteiger partial charge in [0, 0.05) is 22.3 Å². The van der Waals surface area contributed by atoms with Crippen molar-refractivity contribution in [2.75, 3.05) is 18.4 Å². The summed E-state index contributed by atoms with van der Waals surface area (Å²) >= 11 is 2.18. The summed E-state index contributed by atoms with van der Waals surface area (Å²) in [5.74, 6) is -1.10. The molecule has 8 heteroatoms. The first-order chi connectivity index (χ1) is 12.4. The maximum absolute atomic E-state index is 13.1. The summed E-state index contributed by atoms with van der Waals surface area (Å²) in [5, 5.41) is 2.84. The molecule has 2 aromatic carbocycles. The molecule has 0 radical (unpaired) electrons. The van der Waals surface area contributed by atoms with Crippen LogP contribution in [0.2, 0.25) is 0 Å². The lowest BCUT2D eigenvalue weighted by Crippen LogP contribution is -2.43. The molecular formula is C18H18FIN2O3S. The monoisotopic (exact) mass is 488 g/mol. The van der Waals surface area contributed by atoms with Gasteiger partial charge in [-0.15, -0.1) is 0 Å². The highest BCUT2D eigenvalue weighted by Gasteiger charge is 2.33. The van der Waals surface area contributed by atoms with Gasteiger partial charge >= 0.3 is 0 Å². The second-order valence-electron chi connectivity index (χ2n) is 6.15. The maximum Gasteiger partial charge on any atom is 0.243 e. The van der Waals surface area contributed by atoms with E-state index in [1.165, 1.54) is 16.4 Å². The van der Waals surface area contributed by atoms with Crippen molar-refractivity contribution in [3.63, 3.8) is 0 Å². The third kappa shape index (κ3) is 4.41. The van der Waals surface area contributed by atoms with Gasteiger partial charge in [-0.2, -0.15) is 4.31 Å². The lowest BCUT2D eigenvalue weighted by atomic mass is 9.99. The van der Waals surface area contributed by atoms with Crippen molar-refractivity contribution in [2.24, 2.45) is 5.92 Å². The van der Waals surface area contributed by atoms with Crippen LogP contribution in [-0.2, 0) is 14.8 Å². The number of amides is 1. The van der Waals surface area contributed by atoms with Crippen molar-refractivity contribution in [3.8, 4) is 0 Å². The molecule has 1 heterocycles. The lowest BCUT2D eigenvalue weighted by molar-refractivity contribution is -0.120. The summed E-state index contributed by atoms with van der Waals surface area (Å²) in [4.78, 5) is 12.6. The zero-order chi connectivity index (χ0) is 18.7. The van der Waals surface area contributed by atoms with E-state index in [2.05, 4.69) is 27.9 Å². The lowest BCUT2D eigenvalue weighted by Gasteiger charge is -2.31. The second kappa shape index (κ2) is 8.01. The molecule has 5 nitrogen and oxygen atoms in total. The highest BCUT2D eigenvalue weighted by Crippen LogP contribution is 2.25. The standard InChI is InChI=1S/C18H18FIN2O3S/c19-14-3-9-17(10-4-14)26(24,25)22-11-1-2-13(12-22)18(23)21-16-7-5-15(20)6-8-16/h3-10,13H,1-2,11-12H2,(H,21,23)/t13-/m0/s1. The van der Waals surface area contributed by atoms with E-state index in [0.29, 0.717) is 25.1 Å². The summed E-state index contributed by atoms with van der Waals surface area (Å²) in [6, 6.07) is 12.2. The van der Waals surface area contributed by atoms with E-state index in [0.717, 1.165) is 15.7 Å². The average Bonchev–Trinajstić information content (AvgIpc) is 2.64. The first-order valence-electron chi connectivity index (χ1n) is 8.18. The molecule has 0 bridgehead atoms. The number of anilines is 1. The number of carbonyl (C=O) groups is 1. The summed E-state index contributed by atoms with van der Waals surface area (Å²) < 4.78 is 40.9. The van der Waals surface area contributed by atoms with Crippen molar-refractivity contribution < 1.29 is 17.6 Å². The van der Waals surface area contributed by atoms with Crippen LogP contribution in [-0.4, -0.2) is 31.7 Å². The number of piperidine rings is 1. The molecule has 0 spiro atoms. The van der Waals surface area contributed by atoms with Gasteiger partial charge in [0.15, 0.2) is 0 Å². The third-order valence-electron chi connectivity index (χ3n) is 4.32. The third-order valence-corrected chi connectivity index (χ3v) is 6.92. The van der Waals surface area contributed by atoms with Crippen LogP contribution in [0.1, 0.15) is 12.8 Å². The quantitative estimate of drug-likeness (QED) is 0.671. The fourth-order valence-electron chi connectivity index (χ4n) is 2.91. The highest BCUT2D eigenvalue weighted by molar-refractivity contribution is 14.1. The predicted molar refractivity (Wildman–Crippen MR) is 106 cm³/mol. The maximum atomic E-state index is 13.1. The summed E-state index contributed by atoms with van der Waals surface area (Å²) in [7, 11) is -3.74. The molecule has 0 saturated carbocycles. The van der Waals surface area contributed by atoms with Gasteiger partial charge in [0.2, 0.25) is 15.9 Å². The molecule has 1 atom stereocenters. The summed E-state index contributed by atoms with van der Waals surface area (Å²) in [6.45, 7) is 0.475. The number of sulfonamides is 1. The van der Waals surface area contributed by atoms with E-state index in [4.69, 9.17) is 0 Å². The Kier molecular flexibility index (Phi) is 5.93. The Labute approximate surface area is 165 Å². The molecule has 138 valence electrons. The minimum Gasteiger partial charge on any atom is -0.326 e. The molecule has 1 fully saturated rings. The van der Waals surface area contributed by atoms with Gasteiger partial charge in [-0.1, -0.05) is 0 Å². The molecule has 1 amide bonds. The molecule has 0 aliphatic carbocycles. The Morgan fingerprint density at radius 1 is 1.12 bits per heavy atom. The van der Waals surface area contributed by atoms with Gasteiger partial charge in [-0.05, 0) is 84.0 Å². The van der Waals surface area contributed by atoms with Crippen LogP contribution in [0, 0.1) is 15.3 Å². The molecule has 3 rings (SSSR count). The van der Waals surface area contributed by atoms with Crippen LogP contribution in [0.3, 0.4) is 0 Å². The number of hydrogen-bond acceptors (Lipinski definition) is 3. The van der Waals surface area contributed by atoms with Gasteiger partial charge in [-0.25, -0.2) is 12.8 Å². The van der Waals surface area contributed by atoms with Crippen LogP contribution < -0.4 is 5.32 Å². The van der Waals surface area contributed by atoms with E-state index in [1.54, 1.807) is 0 Å². The molecule has 26 heavy (non-hydrogen) atoms. The molecular weight excluding hydrogens is 470 g/mol. The molecule has 1 N–H and O–H groups in total. The fraction of sp³-hybridized carbons (Fsp3) is 0.278. The molecule has 0 unspecified atom stereocenters. The predicted octanol–water partition coefficient (Wildman–Crippen LogP) is 3.47. The number of halogens is 2. The molecule has 2 aromatic rings. The van der Waals surface area contributed by atoms with Gasteiger partial charge in [0.1, 0.15) is 5.82 Å². The second-order valence-corrected chi connectivity index (χ2v) is 9.34. The SMILES string of the molecule is O=C(Nc1ccc(I)cc1)[C@H]1CCCN(S(=O)(=O)c2ccc(F)cc2)C1. The number of hydrogen-bond donors (Lipinski definition) is 1. The average molecular weight is 488 g/mol. The zero-order valence-corrected chi connectivity index (χ0v) is 16.8. The Morgan fingerprint density at radius 3 is 2.42 bits per heavy atom. The van der Waals surface area contributed by atoms with Crippen LogP contribution in [0.15, 0.2) is 53.4 Å². The summed E-state index contributed by atoms with van der Waals surface area (Å²) in [6.07, 6.45) is 1.23. The number of nitrogens with one attached hydrogen (secondary N) is 1. The fourth-order valence-corrected chi connectivity index (χ4v) is 4.79. The Hall–Kier alpha value is -1.52. The van der Waals surface area contributed by atoms with E-state index < -0.39 is 21.8 Å². The van der Waals surface area contributed by atoms with E-state index in [-0.39, 0.29) is 17.3 Å². The largest absolute Gasteiger partial charge is 0.326 e. The molecule has 1 saturated heterocycles. The first-order valence-corrected chi connectivity index (χ1v) is 10.7. The smallest absolute Gasteiger partial charge is 0.243 e. The van der Waals surface area contributed by atoms with Gasteiger partial charge in [0.25, 0.3) is 0 Å². The van der Waals surface area contributed by atoms with Gasteiger partial charge < -0.3 is 5.32 Å². The molecule has 1 aliphatic rings. The minimum absolute atomic E-state index is 0.0394. The Balaban J connectivity index is 1.71. The Bertz CT molecular complexity index is 886. The van der Waals surface area contributed by atoms with E-state index >= 15 is 0 Å². The Morgan fingerprint density at radius 2 is 1.77 bits per heavy atom. The van der Waals surface area contributed by atoms with Crippen molar-refractivity contribution in [2.45, 2.75) is 17.7 Å². The van der Waals surface area contributed by atoms with Gasteiger partial charge in [0.05, 0.1) is 10.8 Å². The van der Waals surface area contributed by atoms with Crippen molar-refractivity contribution in [1.29, 1.82) is 0 Å². The van der Waals surface area contributed by atoms with Gasteiger partial charge in [-0.3, -0.25) is 4.79 Å². The zero-order valence-electron chi connectivity index (χ0n) is 13.9. The van der Waals surface area contributed by atoms with Crippen LogP contribution in [0.25, 0.3) is 0 Å². The minimum atomic E-state index is -3.74. The van der Waals surface area contributed by atoms with E-state index in [9.17, 15) is 17.6 Å². The van der Waals surface area contributed by atoms with Crippen molar-refractivity contribution >= 4 is 44.2 Å².